The summed E-state index contributed by atoms with van der Waals surface area (Å²) in [5, 5.41) is 11.1. The maximum absolute atomic E-state index is 13.0. The Hall–Kier alpha value is -9.12. The molecular weight excluding hydrogens is 2140 g/mol. The van der Waals surface area contributed by atoms with Gasteiger partial charge in [0, 0.05) is 187 Å². The number of aryl methyl sites for hydroxylation is 6. The minimum atomic E-state index is -3.81. The molecule has 4 N–H and O–H groups in total. The van der Waals surface area contributed by atoms with Gasteiger partial charge in [-0.05, 0) is 174 Å². The molecule has 790 valence electrons. The van der Waals surface area contributed by atoms with Gasteiger partial charge in [-0.15, -0.1) is 0 Å². The number of aromatic nitrogens is 4. The summed E-state index contributed by atoms with van der Waals surface area (Å²) in [6.07, 6.45) is 10.2. The molecule has 0 saturated carbocycles. The summed E-state index contributed by atoms with van der Waals surface area (Å²) >= 11 is 0. The molecule has 8 aromatic carbocycles. The quantitative estimate of drug-likeness (QED) is 0.0238. The van der Waals surface area contributed by atoms with Crippen molar-refractivity contribution < 1.29 is 151 Å². The number of pyridine rings is 4. The third-order valence-corrected chi connectivity index (χ3v) is 20.9. The number of sulfonamides is 4. The van der Waals surface area contributed by atoms with Gasteiger partial charge in [0.1, 0.15) is 0 Å². The number of nitrogens with zero attached hydrogens (tertiary/aromatic N) is 4. The first kappa shape index (κ1) is 155. The molecule has 0 spiro atoms. The number of benzene rings is 8. The van der Waals surface area contributed by atoms with Gasteiger partial charge in [-0.3, -0.25) is 53.0 Å². The van der Waals surface area contributed by atoms with E-state index in [1.54, 1.807) is 220 Å². The molecule has 21 nitrogen and oxygen atoms in total. The fraction of sp³-hybridized carbons (Fsp3) is 0.339. The van der Waals surface area contributed by atoms with E-state index in [1.165, 1.54) is 73.3 Å². The monoisotopic (exact) mass is 2310 g/mol. The molecule has 4 heterocycles. The second-order valence-corrected chi connectivity index (χ2v) is 30.0. The van der Waals surface area contributed by atoms with Gasteiger partial charge in [-0.25, -0.2) is 33.7 Å². The fourth-order valence-corrected chi connectivity index (χ4v) is 14.3. The van der Waals surface area contributed by atoms with E-state index in [1.807, 2.05) is 249 Å². The maximum Gasteiger partial charge on any atom is 0.261 e. The van der Waals surface area contributed by atoms with Crippen LogP contribution in [-0.4, -0.2) is 71.8 Å². The average molecular weight is 2310 g/mol. The van der Waals surface area contributed by atoms with Gasteiger partial charge in [0.25, 0.3) is 40.1 Å². The Morgan fingerprint density at radius 1 is 0.259 bits per heavy atom. The minimum Gasteiger partial charge on any atom is -0.619 e. The fourth-order valence-electron chi connectivity index (χ4n) is 9.95. The molecule has 0 saturated heterocycles. The van der Waals surface area contributed by atoms with E-state index < -0.39 is 40.1 Å². The second-order valence-electron chi connectivity index (χ2n) is 23.2. The third-order valence-electron chi connectivity index (χ3n) is 15.4. The zero-order valence-electron chi connectivity index (χ0n) is 90.8. The molecule has 0 fully saturated rings. The van der Waals surface area contributed by atoms with Crippen LogP contribution < -0.4 is 23.6 Å². The van der Waals surface area contributed by atoms with E-state index in [4.69, 9.17) is 0 Å². The van der Waals surface area contributed by atoms with Crippen molar-refractivity contribution in [3.63, 3.8) is 0 Å². The number of anilines is 4. The number of nitrogens with one attached hydrogen (secondary N) is 4. The largest absolute Gasteiger partial charge is 0.619 e. The zero-order valence-corrected chi connectivity index (χ0v) is 97.5. The summed E-state index contributed by atoms with van der Waals surface area (Å²) in [6, 6.07) is 62.9. The van der Waals surface area contributed by atoms with Crippen LogP contribution >= 0.6 is 0 Å². The van der Waals surface area contributed by atoms with Crippen molar-refractivity contribution in [1.82, 2.24) is 15.0 Å². The Morgan fingerprint density at radius 2 is 0.518 bits per heavy atom. The third kappa shape index (κ3) is 57.5. The van der Waals surface area contributed by atoms with Crippen LogP contribution in [0.3, 0.4) is 0 Å². The molecule has 0 aliphatic rings. The van der Waals surface area contributed by atoms with Crippen molar-refractivity contribution in [3.05, 3.63) is 378 Å². The molecule has 0 aliphatic heterocycles. The summed E-state index contributed by atoms with van der Waals surface area (Å²) in [6.45, 7) is 75.1. The van der Waals surface area contributed by atoms with Crippen LogP contribution in [0.15, 0.2) is 300 Å². The number of hydrogen-bond donors (Lipinski definition) is 4. The molecule has 0 radical (unpaired) electrons. The topological polar surface area (TPSA) is 319 Å². The van der Waals surface area contributed by atoms with Crippen LogP contribution in [0.2, 0.25) is 0 Å². The van der Waals surface area contributed by atoms with Crippen LogP contribution in [0.4, 0.5) is 22.7 Å². The number of hydrogen-bond acceptors (Lipinski definition) is 16. The van der Waals surface area contributed by atoms with E-state index >= 15 is 0 Å². The maximum atomic E-state index is 13.0. The number of ketones is 4. The number of carbonyl (C=O) groups is 4. The van der Waals surface area contributed by atoms with Gasteiger partial charge in [0.15, 0.2) is 35.5 Å². The predicted octanol–water partition coefficient (Wildman–Crippen LogP) is 30.9. The van der Waals surface area contributed by atoms with Crippen molar-refractivity contribution in [2.45, 2.75) is 283 Å². The van der Waals surface area contributed by atoms with Gasteiger partial charge >= 0.3 is 0 Å². The molecule has 0 aliphatic carbocycles. The molecule has 4 aromatic heterocycles. The first-order chi connectivity index (χ1) is 65.1. The summed E-state index contributed by atoms with van der Waals surface area (Å²) in [7, 11) is -15.2. The molecule has 0 unspecified atom stereocenters. The van der Waals surface area contributed by atoms with Crippen molar-refractivity contribution in [3.8, 4) is 0 Å². The summed E-state index contributed by atoms with van der Waals surface area (Å²) in [5.74, 6) is -1.17. The number of carbonyl (C=O) groups excluding carboxylic acids is 4. The van der Waals surface area contributed by atoms with E-state index in [0.717, 1.165) is 33.5 Å². The van der Waals surface area contributed by atoms with Crippen LogP contribution in [0, 0.1) is 155 Å². The predicted molar refractivity (Wildman–Crippen MR) is 589 cm³/mol. The van der Waals surface area contributed by atoms with Gasteiger partial charge in [-0.2, -0.15) is 4.73 Å². The van der Waals surface area contributed by atoms with E-state index in [0.29, 0.717) is 38.1 Å². The Labute approximate surface area is 921 Å². The van der Waals surface area contributed by atoms with Crippen LogP contribution in [0.5, 0.6) is 0 Å². The minimum absolute atomic E-state index is 0. The molecule has 0 bridgehead atoms. The van der Waals surface area contributed by atoms with Gasteiger partial charge in [-0.1, -0.05) is 341 Å². The van der Waals surface area contributed by atoms with Crippen molar-refractivity contribution in [2.24, 2.45) is 0 Å². The Morgan fingerprint density at radius 3 is 0.835 bits per heavy atom. The summed E-state index contributed by atoms with van der Waals surface area (Å²) in [4.78, 5) is 63.8. The van der Waals surface area contributed by atoms with E-state index in [2.05, 4.69) is 33.8 Å². The first-order valence-electron chi connectivity index (χ1n) is 47.4. The molecule has 0 amide bonds. The Bertz CT molecular complexity index is 5580. The van der Waals surface area contributed by atoms with Crippen LogP contribution in [0.1, 0.15) is 319 Å². The normalized spacial score (nSPS) is 8.94. The first-order valence-corrected chi connectivity index (χ1v) is 53.4. The number of rotatable bonds is 20. The smallest absolute Gasteiger partial charge is 0.261 e. The zero-order chi connectivity index (χ0) is 106. The molecule has 0 atom stereocenters. The van der Waals surface area contributed by atoms with Gasteiger partial charge in [0.05, 0.1) is 42.3 Å². The van der Waals surface area contributed by atoms with Crippen molar-refractivity contribution in [1.29, 1.82) is 0 Å². The van der Waals surface area contributed by atoms with Gasteiger partial charge < -0.3 is 20.1 Å². The Kier molecular flexibility index (Phi) is 106. The van der Waals surface area contributed by atoms with Crippen LogP contribution in [-0.2, 0) is 40.1 Å². The number of para-hydroxylation sites is 2. The molecule has 27 heteroatoms. The SMILES string of the molecule is CC.CC.CC.CC.CC.CC.CC.CC.CC.CC.CC.CC.CC.CC.CC.CC.Cc1ccc(S(=O)(=O)Nc2ccc(C)cc2C(=O)c2ccnc(C)c2)cc1.Cc1ccc(S(=O)(=O)Nc2ccc(C)cc2C(=O)c2ccncc2C)cc1.O=C(c1cc[n+]([O-])cc1)c1ccccc1NS(=O)(=O)c1ccccc1.O=C(c1ccncc1)c1ccccc1NS(=O)(=O)c1ccccc1.[CH3-].[CH3-].[Yb].[Yb]. The summed E-state index contributed by atoms with van der Waals surface area (Å²) < 4.78 is 112. The molecular formula is C112H170N8O13S4Yb2-2. The van der Waals surface area contributed by atoms with E-state index in [-0.39, 0.29) is 185 Å². The second kappa shape index (κ2) is 95.1. The molecule has 139 heavy (non-hydrogen) atoms. The van der Waals surface area contributed by atoms with Gasteiger partial charge in [0.2, 0.25) is 0 Å². The summed E-state index contributed by atoms with van der Waals surface area (Å²) in [5.41, 5.74) is 8.80. The molecule has 12 aromatic rings. The average Bonchev–Trinajstić information content (AvgIpc) is 0.807. The van der Waals surface area contributed by atoms with Crippen molar-refractivity contribution in [2.75, 3.05) is 18.9 Å². The van der Waals surface area contributed by atoms with Crippen LogP contribution in [0.25, 0.3) is 0 Å². The van der Waals surface area contributed by atoms with Crippen molar-refractivity contribution >= 4 is 86.0 Å². The Balaban J connectivity index is -0.000000139. The van der Waals surface area contributed by atoms with E-state index in [9.17, 15) is 58.1 Å². The molecule has 12 rings (SSSR count). The standard InChI is InChI=1S/2C21H20N2O3S.C18H14N2O4S.C18H14N2O3S.16C2H6.2CH3.2Yb/c1-14-4-7-18(8-5-14)27(25,26)23-20-9-6-15(2)12-19(20)21(24)17-10-11-22-16(3)13-17;1-14-4-7-17(8-5-14)27(25,26)23-20-9-6-15(2)12-19(20)21(24)18-10-11-22-13-16(18)3;21-18(14-10-12-20(22)13-11-14)16-8-4-5-9-17(16)19-25(23,24)15-6-2-1-3-7-15;21-18(14-10-12-19-13-11-14)16-8-4-5-9-17(16)20-24(22,23)15-6-2-1-3-7-15;16*1-2;;;;/h2*4-13,23H,1-3H3;1-13,19H;1-13,20H;16*1-2H3;2*1H3;;/q;;;;;;;;;;;;;;;;;;;;2*-1;;.